The van der Waals surface area contributed by atoms with Crippen molar-refractivity contribution in [3.63, 3.8) is 0 Å². The molecule has 2 aliphatic rings. The molecule has 2 aliphatic carbocycles. The van der Waals surface area contributed by atoms with E-state index in [0.717, 1.165) is 25.7 Å². The molecule has 0 heterocycles. The summed E-state index contributed by atoms with van der Waals surface area (Å²) in [5.74, 6) is 1.21. The summed E-state index contributed by atoms with van der Waals surface area (Å²) >= 11 is 0. The van der Waals surface area contributed by atoms with Crippen LogP contribution in [0, 0.1) is 11.8 Å². The van der Waals surface area contributed by atoms with Gasteiger partial charge < -0.3 is 0 Å². The van der Waals surface area contributed by atoms with E-state index in [1.807, 2.05) is 0 Å². The molecule has 4 rings (SSSR count). The summed E-state index contributed by atoms with van der Waals surface area (Å²) in [6.07, 6.45) is 12.0. The maximum atomic E-state index is 13.1. The topological polar surface area (TPSA) is 106 Å². The second-order valence-corrected chi connectivity index (χ2v) is 12.7. The highest BCUT2D eigenvalue weighted by atomic mass is 32.2. The Balaban J connectivity index is 1.64. The van der Waals surface area contributed by atoms with Crippen molar-refractivity contribution in [3.8, 4) is 0 Å². The third kappa shape index (κ3) is 5.35. The summed E-state index contributed by atoms with van der Waals surface area (Å²) in [7, 11) is -7.78. The molecular formula is C24H34N2O4S2. The minimum Gasteiger partial charge on any atom is -0.225 e. The Kier molecular flexibility index (Phi) is 7.24. The van der Waals surface area contributed by atoms with Gasteiger partial charge >= 0.3 is 0 Å². The number of primary sulfonamides is 1. The van der Waals surface area contributed by atoms with Gasteiger partial charge in [0.1, 0.15) is 0 Å². The Morgan fingerprint density at radius 2 is 1.44 bits per heavy atom. The fraction of sp³-hybridized carbons (Fsp3) is 0.583. The van der Waals surface area contributed by atoms with Gasteiger partial charge in [0.2, 0.25) is 20.0 Å². The first-order valence-corrected chi connectivity index (χ1v) is 14.9. The zero-order valence-electron chi connectivity index (χ0n) is 18.6. The van der Waals surface area contributed by atoms with Crippen molar-refractivity contribution in [3.05, 3.63) is 35.9 Å². The largest absolute Gasteiger partial charge is 0.241 e. The molecule has 2 fully saturated rings. The van der Waals surface area contributed by atoms with Gasteiger partial charge in [-0.25, -0.2) is 26.7 Å². The van der Waals surface area contributed by atoms with E-state index in [9.17, 15) is 16.8 Å². The molecular weight excluding hydrogens is 444 g/mol. The minimum absolute atomic E-state index is 0.0657. The van der Waals surface area contributed by atoms with Gasteiger partial charge in [0, 0.05) is 17.3 Å². The number of aryl methyl sites for hydroxylation is 1. The molecule has 176 valence electrons. The summed E-state index contributed by atoms with van der Waals surface area (Å²) in [4.78, 5) is 0.171. The molecule has 0 saturated heterocycles. The van der Waals surface area contributed by atoms with Crippen LogP contribution in [-0.4, -0.2) is 23.4 Å². The van der Waals surface area contributed by atoms with Gasteiger partial charge in [-0.05, 0) is 42.7 Å². The van der Waals surface area contributed by atoms with E-state index in [0.29, 0.717) is 41.1 Å². The molecule has 0 bridgehead atoms. The lowest BCUT2D eigenvalue weighted by molar-refractivity contribution is 0.496. The lowest BCUT2D eigenvalue weighted by Gasteiger charge is -2.16. The van der Waals surface area contributed by atoms with Gasteiger partial charge in [-0.1, -0.05) is 75.6 Å². The Bertz CT molecular complexity index is 1160. The minimum atomic E-state index is -4.01. The van der Waals surface area contributed by atoms with Crippen molar-refractivity contribution >= 4 is 30.8 Å². The van der Waals surface area contributed by atoms with Gasteiger partial charge in [0.25, 0.3) is 0 Å². The fourth-order valence-corrected chi connectivity index (χ4v) is 7.83. The van der Waals surface area contributed by atoms with Crippen molar-refractivity contribution in [2.24, 2.45) is 17.0 Å². The zero-order valence-corrected chi connectivity index (χ0v) is 20.2. The fourth-order valence-electron chi connectivity index (χ4n) is 5.55. The molecule has 0 amide bonds. The molecule has 3 N–H and O–H groups in total. The normalized spacial score (nSPS) is 18.7. The molecule has 0 aliphatic heterocycles. The lowest BCUT2D eigenvalue weighted by Crippen LogP contribution is -2.26. The van der Waals surface area contributed by atoms with E-state index in [-0.39, 0.29) is 9.79 Å². The Hall–Kier alpha value is -1.48. The quantitative estimate of drug-likeness (QED) is 0.554. The van der Waals surface area contributed by atoms with Crippen LogP contribution in [0.3, 0.4) is 0 Å². The summed E-state index contributed by atoms with van der Waals surface area (Å²) in [5, 5.41) is 6.41. The molecule has 2 aromatic rings. The predicted molar refractivity (Wildman–Crippen MR) is 127 cm³/mol. The first-order chi connectivity index (χ1) is 15.3. The van der Waals surface area contributed by atoms with Crippen LogP contribution in [0.25, 0.3) is 10.8 Å². The molecule has 6 nitrogen and oxygen atoms in total. The second kappa shape index (κ2) is 9.79. The number of rotatable bonds is 9. The average Bonchev–Trinajstić information content (AvgIpc) is 3.44. The highest BCUT2D eigenvalue weighted by molar-refractivity contribution is 7.90. The van der Waals surface area contributed by atoms with Crippen molar-refractivity contribution in [1.82, 2.24) is 4.72 Å². The molecule has 0 radical (unpaired) electrons. The molecule has 2 saturated carbocycles. The van der Waals surface area contributed by atoms with Gasteiger partial charge in [-0.15, -0.1) is 0 Å². The van der Waals surface area contributed by atoms with Crippen LogP contribution in [0.1, 0.15) is 69.8 Å². The SMILES string of the molecule is NS(=O)(=O)c1c(CCC2CCCC2)ccc2c(S(=O)(=O)NCCC3CCCC3)cccc12. The molecule has 2 aromatic carbocycles. The first kappa shape index (κ1) is 23.7. The standard InChI is InChI=1S/C24H34N2O4S2/c25-31(27,28)24-20(13-12-18-6-1-2-7-18)14-15-21-22(24)10-5-11-23(21)32(29,30)26-17-16-19-8-3-4-9-19/h5,10-11,14-15,18-19,26H,1-4,6-9,12-13,16-17H2,(H2,25,27,28). The van der Waals surface area contributed by atoms with E-state index in [1.165, 1.54) is 44.6 Å². The van der Waals surface area contributed by atoms with E-state index < -0.39 is 20.0 Å². The van der Waals surface area contributed by atoms with Crippen molar-refractivity contribution in [1.29, 1.82) is 0 Å². The van der Waals surface area contributed by atoms with E-state index in [4.69, 9.17) is 5.14 Å². The van der Waals surface area contributed by atoms with Crippen LogP contribution in [0.5, 0.6) is 0 Å². The third-order valence-electron chi connectivity index (χ3n) is 7.24. The van der Waals surface area contributed by atoms with Crippen LogP contribution in [0.2, 0.25) is 0 Å². The number of fused-ring (bicyclic) bond motifs is 1. The smallest absolute Gasteiger partial charge is 0.225 e. The van der Waals surface area contributed by atoms with Crippen LogP contribution in [0.4, 0.5) is 0 Å². The Labute approximate surface area is 192 Å². The van der Waals surface area contributed by atoms with E-state index in [1.54, 1.807) is 24.3 Å². The Morgan fingerprint density at radius 1 is 0.812 bits per heavy atom. The van der Waals surface area contributed by atoms with Gasteiger partial charge in [0.15, 0.2) is 0 Å². The molecule has 32 heavy (non-hydrogen) atoms. The van der Waals surface area contributed by atoms with Crippen LogP contribution < -0.4 is 9.86 Å². The van der Waals surface area contributed by atoms with Crippen LogP contribution in [0.15, 0.2) is 40.1 Å². The number of hydrogen-bond acceptors (Lipinski definition) is 4. The lowest BCUT2D eigenvalue weighted by atomic mass is 9.96. The van der Waals surface area contributed by atoms with Gasteiger partial charge in [0.05, 0.1) is 9.79 Å². The van der Waals surface area contributed by atoms with E-state index >= 15 is 0 Å². The van der Waals surface area contributed by atoms with Crippen molar-refractivity contribution < 1.29 is 16.8 Å². The summed E-state index contributed by atoms with van der Waals surface area (Å²) < 4.78 is 54.0. The number of hydrogen-bond donors (Lipinski definition) is 2. The maximum Gasteiger partial charge on any atom is 0.241 e. The molecule has 0 atom stereocenters. The monoisotopic (exact) mass is 478 g/mol. The number of nitrogens with one attached hydrogen (secondary N) is 1. The Morgan fingerprint density at radius 3 is 2.06 bits per heavy atom. The van der Waals surface area contributed by atoms with Crippen LogP contribution in [-0.2, 0) is 26.5 Å². The number of benzene rings is 2. The molecule has 0 unspecified atom stereocenters. The summed E-state index contributed by atoms with van der Waals surface area (Å²) in [6, 6.07) is 8.27. The first-order valence-electron chi connectivity index (χ1n) is 11.8. The van der Waals surface area contributed by atoms with Crippen molar-refractivity contribution in [2.45, 2.75) is 80.4 Å². The predicted octanol–water partition coefficient (Wildman–Crippen LogP) is 4.47. The highest BCUT2D eigenvalue weighted by Crippen LogP contribution is 2.34. The second-order valence-electron chi connectivity index (χ2n) is 9.48. The molecule has 8 heteroatoms. The zero-order chi connectivity index (χ0) is 22.8. The van der Waals surface area contributed by atoms with Gasteiger partial charge in [-0.3, -0.25) is 0 Å². The number of sulfonamides is 2. The van der Waals surface area contributed by atoms with Gasteiger partial charge in [-0.2, -0.15) is 0 Å². The summed E-state index contributed by atoms with van der Waals surface area (Å²) in [6.45, 7) is 0.394. The molecule has 0 aromatic heterocycles. The number of nitrogens with two attached hydrogens (primary N) is 1. The third-order valence-corrected chi connectivity index (χ3v) is 9.81. The maximum absolute atomic E-state index is 13.1. The van der Waals surface area contributed by atoms with E-state index in [2.05, 4.69) is 4.72 Å². The molecule has 0 spiro atoms. The van der Waals surface area contributed by atoms with Crippen LogP contribution >= 0.6 is 0 Å². The summed E-state index contributed by atoms with van der Waals surface area (Å²) in [5.41, 5.74) is 0.677. The van der Waals surface area contributed by atoms with Crippen molar-refractivity contribution in [2.75, 3.05) is 6.54 Å². The highest BCUT2D eigenvalue weighted by Gasteiger charge is 2.24. The average molecular weight is 479 g/mol.